The molecule has 0 unspecified atom stereocenters. The van der Waals surface area contributed by atoms with Crippen molar-refractivity contribution in [2.45, 2.75) is 0 Å². The molecule has 2 aromatic heterocycles. The van der Waals surface area contributed by atoms with E-state index in [-0.39, 0.29) is 15.3 Å². The Kier molecular flexibility index (Phi) is 1.28. The summed E-state index contributed by atoms with van der Waals surface area (Å²) in [7, 11) is 0. The van der Waals surface area contributed by atoms with E-state index >= 15 is 0 Å². The summed E-state index contributed by atoms with van der Waals surface area (Å²) in [5.41, 5.74) is 0.150. The van der Waals surface area contributed by atoms with Gasteiger partial charge in [-0.2, -0.15) is 0 Å². The van der Waals surface area contributed by atoms with Crippen LogP contribution in [-0.2, 0) is 0 Å². The third kappa shape index (κ3) is 0.832. The van der Waals surface area contributed by atoms with E-state index in [9.17, 15) is 10.0 Å². The van der Waals surface area contributed by atoms with Crippen molar-refractivity contribution in [2.75, 3.05) is 0 Å². The molecule has 0 aliphatic carbocycles. The highest BCUT2D eigenvalue weighted by molar-refractivity contribution is 7.20. The molecular formula is C5H2N2O4S. The van der Waals surface area contributed by atoms with Gasteiger partial charge < -0.3 is 10.3 Å². The van der Waals surface area contributed by atoms with Crippen LogP contribution in [0.25, 0.3) is 10.3 Å². The van der Waals surface area contributed by atoms with E-state index in [0.717, 1.165) is 11.3 Å². The Labute approximate surface area is 69.2 Å². The van der Waals surface area contributed by atoms with Crippen molar-refractivity contribution in [2.24, 2.45) is 0 Å². The smallest absolute Gasteiger partial charge is 0.346 e. The molecule has 0 aromatic carbocycles. The van der Waals surface area contributed by atoms with Crippen LogP contribution in [0, 0.1) is 5.21 Å². The van der Waals surface area contributed by atoms with Crippen LogP contribution in [0.4, 0.5) is 0 Å². The molecule has 12 heavy (non-hydrogen) atoms. The Morgan fingerprint density at radius 1 is 1.83 bits per heavy atom. The van der Waals surface area contributed by atoms with Gasteiger partial charge in [-0.05, 0) is 4.90 Å². The van der Waals surface area contributed by atoms with Gasteiger partial charge in [0.2, 0.25) is 5.52 Å². The standard InChI is InChI=1S/C5H2N2O4S/c8-5(9)3-1-2-4(12-3)6-11-7(2)10/h1H,(H,8,9). The number of carboxylic acid groups (broad SMARTS) is 1. The van der Waals surface area contributed by atoms with Gasteiger partial charge in [0.15, 0.2) is 0 Å². The molecule has 0 radical (unpaired) electrons. The van der Waals surface area contributed by atoms with Crippen LogP contribution in [0.5, 0.6) is 0 Å². The second-order valence-electron chi connectivity index (χ2n) is 2.04. The van der Waals surface area contributed by atoms with Crippen molar-refractivity contribution in [3.8, 4) is 0 Å². The third-order valence-corrected chi connectivity index (χ3v) is 2.29. The largest absolute Gasteiger partial charge is 0.477 e. The number of carbonyl (C=O) groups is 1. The van der Waals surface area contributed by atoms with Crippen molar-refractivity contribution < 1.29 is 19.4 Å². The summed E-state index contributed by atoms with van der Waals surface area (Å²) < 4.78 is 4.22. The van der Waals surface area contributed by atoms with Gasteiger partial charge in [-0.15, -0.1) is 0 Å². The van der Waals surface area contributed by atoms with Gasteiger partial charge in [-0.25, -0.2) is 4.79 Å². The number of carboxylic acids is 1. The molecule has 0 bridgehead atoms. The minimum atomic E-state index is -1.07. The number of aromatic nitrogens is 2. The number of hydrogen-bond donors (Lipinski definition) is 1. The first-order valence-electron chi connectivity index (χ1n) is 2.91. The summed E-state index contributed by atoms with van der Waals surface area (Å²) in [5, 5.41) is 22.6. The van der Waals surface area contributed by atoms with Crippen molar-refractivity contribution in [1.29, 1.82) is 0 Å². The maximum Gasteiger partial charge on any atom is 0.346 e. The average molecular weight is 186 g/mol. The zero-order valence-electron chi connectivity index (χ0n) is 5.55. The lowest BCUT2D eigenvalue weighted by Crippen LogP contribution is -2.22. The Morgan fingerprint density at radius 3 is 3.17 bits per heavy atom. The summed E-state index contributed by atoms with van der Waals surface area (Å²) >= 11 is 0.901. The van der Waals surface area contributed by atoms with E-state index in [0.29, 0.717) is 4.83 Å². The zero-order chi connectivity index (χ0) is 8.72. The Hall–Kier alpha value is -1.63. The summed E-state index contributed by atoms with van der Waals surface area (Å²) in [6.07, 6.45) is 0. The summed E-state index contributed by atoms with van der Waals surface area (Å²) in [6.45, 7) is 0. The maximum absolute atomic E-state index is 10.7. The summed E-state index contributed by atoms with van der Waals surface area (Å²) in [6, 6.07) is 1.23. The highest BCUT2D eigenvalue weighted by Crippen LogP contribution is 2.20. The van der Waals surface area contributed by atoms with Crippen LogP contribution in [0.3, 0.4) is 0 Å². The zero-order valence-corrected chi connectivity index (χ0v) is 6.37. The number of rotatable bonds is 1. The highest BCUT2D eigenvalue weighted by atomic mass is 32.1. The molecule has 0 fully saturated rings. The summed E-state index contributed by atoms with van der Waals surface area (Å²) in [4.78, 5) is 11.0. The van der Waals surface area contributed by atoms with E-state index in [1.165, 1.54) is 6.07 Å². The fraction of sp³-hybridized carbons (Fsp3) is 0. The lowest BCUT2D eigenvalue weighted by molar-refractivity contribution is -0.782. The number of aromatic carboxylic acids is 1. The van der Waals surface area contributed by atoms with Gasteiger partial charge in [0.1, 0.15) is 4.88 Å². The normalized spacial score (nSPS) is 10.7. The Morgan fingerprint density at radius 2 is 2.58 bits per heavy atom. The van der Waals surface area contributed by atoms with Crippen LogP contribution >= 0.6 is 11.3 Å². The highest BCUT2D eigenvalue weighted by Gasteiger charge is 2.17. The predicted octanol–water partition coefficient (Wildman–Crippen LogP) is 0.221. The second kappa shape index (κ2) is 2.18. The van der Waals surface area contributed by atoms with Crippen LogP contribution in [0.2, 0.25) is 0 Å². The molecule has 0 spiro atoms. The van der Waals surface area contributed by atoms with Gasteiger partial charge in [0.25, 0.3) is 0 Å². The molecule has 0 saturated heterocycles. The number of hydrogen-bond acceptors (Lipinski definition) is 5. The average Bonchev–Trinajstić information content (AvgIpc) is 2.53. The van der Waals surface area contributed by atoms with Crippen molar-refractivity contribution in [3.05, 3.63) is 16.2 Å². The molecule has 0 aliphatic heterocycles. The van der Waals surface area contributed by atoms with E-state index in [1.54, 1.807) is 0 Å². The first-order valence-corrected chi connectivity index (χ1v) is 3.72. The summed E-state index contributed by atoms with van der Waals surface area (Å²) in [5.74, 6) is -1.07. The van der Waals surface area contributed by atoms with Crippen LogP contribution in [-0.4, -0.2) is 16.2 Å². The molecule has 0 amide bonds. The van der Waals surface area contributed by atoms with E-state index in [2.05, 4.69) is 9.79 Å². The molecule has 0 atom stereocenters. The van der Waals surface area contributed by atoms with Gasteiger partial charge in [0.05, 0.1) is 5.16 Å². The quantitative estimate of drug-likeness (QED) is 0.643. The first-order chi connectivity index (χ1) is 5.68. The molecule has 1 N–H and O–H groups in total. The SMILES string of the molecule is O=C(O)c1cc2c(no[n+]2[O-])s1. The molecule has 62 valence electrons. The van der Waals surface area contributed by atoms with Crippen LogP contribution in [0.1, 0.15) is 9.67 Å². The van der Waals surface area contributed by atoms with Gasteiger partial charge in [0, 0.05) is 6.07 Å². The van der Waals surface area contributed by atoms with Crippen LogP contribution in [0.15, 0.2) is 10.7 Å². The molecule has 2 rings (SSSR count). The molecule has 0 aliphatic rings. The van der Waals surface area contributed by atoms with E-state index in [1.807, 2.05) is 0 Å². The minimum absolute atomic E-state index is 0.0768. The van der Waals surface area contributed by atoms with Crippen LogP contribution < -0.4 is 4.90 Å². The molecular weight excluding hydrogens is 184 g/mol. The topological polar surface area (TPSA) is 90.3 Å². The molecule has 2 heterocycles. The lowest BCUT2D eigenvalue weighted by Gasteiger charge is -1.82. The monoisotopic (exact) mass is 186 g/mol. The second-order valence-corrected chi connectivity index (χ2v) is 3.07. The van der Waals surface area contributed by atoms with Crippen molar-refractivity contribution in [1.82, 2.24) is 5.16 Å². The van der Waals surface area contributed by atoms with E-state index < -0.39 is 5.97 Å². The van der Waals surface area contributed by atoms with Crippen molar-refractivity contribution >= 4 is 27.7 Å². The minimum Gasteiger partial charge on any atom is -0.477 e. The fourth-order valence-electron chi connectivity index (χ4n) is 0.792. The number of nitrogens with zero attached hydrogens (tertiary/aromatic N) is 2. The number of fused-ring (bicyclic) bond motifs is 1. The Balaban J connectivity index is 2.70. The van der Waals surface area contributed by atoms with Gasteiger partial charge in [-0.3, -0.25) is 4.63 Å². The molecule has 2 aromatic rings. The van der Waals surface area contributed by atoms with E-state index in [4.69, 9.17) is 5.11 Å². The third-order valence-electron chi connectivity index (χ3n) is 1.30. The Bertz CT molecular complexity index is 445. The van der Waals surface area contributed by atoms with Gasteiger partial charge >= 0.3 is 10.8 Å². The first kappa shape index (κ1) is 7.04. The maximum atomic E-state index is 10.7. The fourth-order valence-corrected chi connectivity index (χ4v) is 1.57. The van der Waals surface area contributed by atoms with Crippen molar-refractivity contribution in [3.63, 3.8) is 0 Å². The number of thiophene rings is 1. The van der Waals surface area contributed by atoms with Gasteiger partial charge in [-0.1, -0.05) is 11.3 Å². The molecule has 6 nitrogen and oxygen atoms in total. The molecule has 7 heteroatoms. The predicted molar refractivity (Wildman–Crippen MR) is 37.8 cm³/mol. The lowest BCUT2D eigenvalue weighted by atomic mass is 10.4. The molecule has 0 saturated carbocycles.